The Labute approximate surface area is 252 Å². The topological polar surface area (TPSA) is 74.1 Å². The van der Waals surface area contributed by atoms with Crippen molar-refractivity contribution >= 4 is 45.4 Å². The molecule has 1 unspecified atom stereocenters. The summed E-state index contributed by atoms with van der Waals surface area (Å²) < 4.78 is 42.9. The van der Waals surface area contributed by atoms with Gasteiger partial charge in [0.25, 0.3) is 0 Å². The molecule has 0 spiro atoms. The van der Waals surface area contributed by atoms with E-state index in [1.54, 1.807) is 30.3 Å². The van der Waals surface area contributed by atoms with E-state index in [9.17, 15) is 8.60 Å². The second-order valence-electron chi connectivity index (χ2n) is 10.9. The number of hydrogen-bond donors (Lipinski definition) is 1. The number of nitrogens with zero attached hydrogens (tertiary/aromatic N) is 4. The van der Waals surface area contributed by atoms with Crippen LogP contribution in [-0.4, -0.2) is 67.1 Å². The van der Waals surface area contributed by atoms with Crippen LogP contribution in [0.1, 0.15) is 29.9 Å². The minimum atomic E-state index is -1.21. The average Bonchev–Trinajstić information content (AvgIpc) is 3.34. The maximum absolute atomic E-state index is 13.7. The standard InChI is InChI=1S/C31H36FN5O3S2/c1-33-18-26-25-15-24(27(36(3)42(4)38)16-28(25)40-30(26)20-7-9-22(32)10-8-20)21-6-5-11-37(19-21)41-23-14-29-31(34-17-23)35(2)12-13-39-29/h7-10,14-17,21,33H,5-6,11-13,18-19H2,1-4H3/t21-,42?/m1/s1. The van der Waals surface area contributed by atoms with E-state index in [4.69, 9.17) is 9.15 Å². The third-order valence-electron chi connectivity index (χ3n) is 8.04. The fraction of sp³-hybridized carbons (Fsp3) is 0.387. The number of ether oxygens (including phenoxy) is 1. The van der Waals surface area contributed by atoms with Crippen LogP contribution < -0.4 is 19.3 Å². The van der Waals surface area contributed by atoms with Crippen molar-refractivity contribution in [3.63, 3.8) is 0 Å². The van der Waals surface area contributed by atoms with Gasteiger partial charge in [-0.25, -0.2) is 17.9 Å². The Morgan fingerprint density at radius 3 is 2.79 bits per heavy atom. The van der Waals surface area contributed by atoms with Crippen molar-refractivity contribution in [1.29, 1.82) is 0 Å². The van der Waals surface area contributed by atoms with Gasteiger partial charge in [-0.15, -0.1) is 0 Å². The number of halogens is 1. The zero-order valence-electron chi connectivity index (χ0n) is 24.4. The summed E-state index contributed by atoms with van der Waals surface area (Å²) in [4.78, 5) is 7.85. The molecule has 0 bridgehead atoms. The molecular weight excluding hydrogens is 574 g/mol. The van der Waals surface area contributed by atoms with Gasteiger partial charge in [-0.2, -0.15) is 0 Å². The number of rotatable bonds is 8. The highest BCUT2D eigenvalue weighted by Gasteiger charge is 2.29. The van der Waals surface area contributed by atoms with E-state index in [2.05, 4.69) is 31.6 Å². The molecule has 0 radical (unpaired) electrons. The highest BCUT2D eigenvalue weighted by Crippen LogP contribution is 2.43. The Morgan fingerprint density at radius 1 is 1.21 bits per heavy atom. The highest BCUT2D eigenvalue weighted by atomic mass is 32.2. The number of aromatic nitrogens is 1. The molecule has 1 N–H and O–H groups in total. The van der Waals surface area contributed by atoms with Crippen LogP contribution in [0.2, 0.25) is 0 Å². The predicted molar refractivity (Wildman–Crippen MR) is 169 cm³/mol. The Hall–Kier alpha value is -3.12. The summed E-state index contributed by atoms with van der Waals surface area (Å²) in [5.74, 6) is 2.38. The van der Waals surface area contributed by atoms with Crippen molar-refractivity contribution in [3.05, 3.63) is 65.6 Å². The largest absolute Gasteiger partial charge is 0.488 e. The van der Waals surface area contributed by atoms with Gasteiger partial charge in [-0.1, -0.05) is 0 Å². The van der Waals surface area contributed by atoms with E-state index in [-0.39, 0.29) is 11.7 Å². The summed E-state index contributed by atoms with van der Waals surface area (Å²) in [5.41, 5.74) is 4.63. The lowest BCUT2D eigenvalue weighted by molar-refractivity contribution is 0.308. The van der Waals surface area contributed by atoms with Gasteiger partial charge < -0.3 is 19.4 Å². The monoisotopic (exact) mass is 609 g/mol. The number of furan rings is 1. The van der Waals surface area contributed by atoms with E-state index in [0.717, 1.165) is 88.0 Å². The molecule has 2 aliphatic rings. The van der Waals surface area contributed by atoms with Gasteiger partial charge in [0.15, 0.2) is 11.6 Å². The van der Waals surface area contributed by atoms with Gasteiger partial charge in [0.2, 0.25) is 0 Å². The summed E-state index contributed by atoms with van der Waals surface area (Å²) in [5, 5.41) is 4.29. The molecule has 2 aromatic heterocycles. The van der Waals surface area contributed by atoms with E-state index in [1.807, 2.05) is 37.7 Å². The van der Waals surface area contributed by atoms with Gasteiger partial charge in [0, 0.05) is 79.7 Å². The molecule has 2 aromatic carbocycles. The van der Waals surface area contributed by atoms with Gasteiger partial charge in [0.1, 0.15) is 34.8 Å². The Bertz CT molecular complexity index is 1610. The molecule has 0 aliphatic carbocycles. The second kappa shape index (κ2) is 12.2. The minimum Gasteiger partial charge on any atom is -0.488 e. The summed E-state index contributed by atoms with van der Waals surface area (Å²) >= 11 is 1.71. The zero-order valence-corrected chi connectivity index (χ0v) is 26.0. The molecule has 0 amide bonds. The lowest BCUT2D eigenvalue weighted by atomic mass is 9.89. The number of hydrogen-bond acceptors (Lipinski definition) is 8. The van der Waals surface area contributed by atoms with Crippen molar-refractivity contribution in [2.45, 2.75) is 30.2 Å². The predicted octanol–water partition coefficient (Wildman–Crippen LogP) is 5.80. The van der Waals surface area contributed by atoms with Crippen LogP contribution in [-0.2, 0) is 17.5 Å². The molecule has 222 valence electrons. The number of nitrogens with one attached hydrogen (secondary N) is 1. The molecule has 2 atom stereocenters. The Morgan fingerprint density at radius 2 is 2.02 bits per heavy atom. The van der Waals surface area contributed by atoms with Crippen molar-refractivity contribution < 1.29 is 17.8 Å². The van der Waals surface area contributed by atoms with Crippen molar-refractivity contribution in [3.8, 4) is 17.1 Å². The van der Waals surface area contributed by atoms with Crippen molar-refractivity contribution in [1.82, 2.24) is 14.6 Å². The first kappa shape index (κ1) is 29.0. The maximum atomic E-state index is 13.7. The number of anilines is 2. The number of benzene rings is 2. The number of likely N-dealkylation sites (N-methyl/N-ethyl adjacent to an activating group) is 1. The van der Waals surface area contributed by atoms with Crippen LogP contribution in [0.4, 0.5) is 15.9 Å². The molecule has 42 heavy (non-hydrogen) atoms. The fourth-order valence-electron chi connectivity index (χ4n) is 5.81. The Balaban J connectivity index is 1.36. The molecule has 2 aliphatic heterocycles. The van der Waals surface area contributed by atoms with Gasteiger partial charge >= 0.3 is 0 Å². The molecule has 1 fully saturated rings. The van der Waals surface area contributed by atoms with Gasteiger partial charge in [-0.05, 0) is 73.7 Å². The first-order chi connectivity index (χ1) is 20.3. The number of pyridine rings is 1. The first-order valence-corrected chi connectivity index (χ1v) is 16.4. The van der Waals surface area contributed by atoms with Crippen molar-refractivity contribution in [2.75, 3.05) is 62.8 Å². The summed E-state index contributed by atoms with van der Waals surface area (Å²) in [6, 6.07) is 12.7. The second-order valence-corrected chi connectivity index (χ2v) is 13.4. The average molecular weight is 610 g/mol. The molecule has 0 saturated carbocycles. The van der Waals surface area contributed by atoms with Crippen molar-refractivity contribution in [2.24, 2.45) is 0 Å². The van der Waals surface area contributed by atoms with Crippen LogP contribution in [0, 0.1) is 5.82 Å². The molecule has 1 saturated heterocycles. The van der Waals surface area contributed by atoms with Crippen LogP contribution in [0.5, 0.6) is 5.75 Å². The molecule has 4 aromatic rings. The maximum Gasteiger partial charge on any atom is 0.171 e. The SMILES string of the molecule is CNCc1c(-c2ccc(F)cc2)oc2cc(N(C)S(C)=O)c([C@@H]3CCCN(Sc4cnc5c(c4)OCCN5C)C3)cc12. The smallest absolute Gasteiger partial charge is 0.171 e. The molecule has 6 rings (SSSR count). The zero-order chi connectivity index (χ0) is 29.4. The summed E-state index contributed by atoms with van der Waals surface area (Å²) in [6.45, 7) is 3.91. The van der Waals surface area contributed by atoms with Crippen LogP contribution in [0.3, 0.4) is 0 Å². The quantitative estimate of drug-likeness (QED) is 0.252. The van der Waals surface area contributed by atoms with Gasteiger partial charge in [0.05, 0.1) is 12.2 Å². The lowest BCUT2D eigenvalue weighted by Crippen LogP contribution is -2.31. The fourth-order valence-corrected chi connectivity index (χ4v) is 7.28. The van der Waals surface area contributed by atoms with Crippen LogP contribution in [0.15, 0.2) is 58.0 Å². The Kier molecular flexibility index (Phi) is 8.44. The molecule has 8 nitrogen and oxygen atoms in total. The number of fused-ring (bicyclic) bond motifs is 2. The third-order valence-corrected chi connectivity index (χ3v) is 10.0. The minimum absolute atomic E-state index is 0.233. The molecule has 4 heterocycles. The lowest BCUT2D eigenvalue weighted by Gasteiger charge is -2.34. The van der Waals surface area contributed by atoms with E-state index in [0.29, 0.717) is 13.2 Å². The first-order valence-electron chi connectivity index (χ1n) is 14.2. The number of piperidine rings is 1. The normalized spacial score (nSPS) is 18.1. The van der Waals surface area contributed by atoms with Gasteiger partial charge in [-0.3, -0.25) is 4.31 Å². The van der Waals surface area contributed by atoms with E-state index in [1.165, 1.54) is 12.1 Å². The van der Waals surface area contributed by atoms with E-state index < -0.39 is 11.0 Å². The van der Waals surface area contributed by atoms with Crippen LogP contribution >= 0.6 is 11.9 Å². The summed E-state index contributed by atoms with van der Waals surface area (Å²) in [6.07, 6.45) is 5.69. The molecule has 11 heteroatoms. The van der Waals surface area contributed by atoms with E-state index >= 15 is 0 Å². The highest BCUT2D eigenvalue weighted by molar-refractivity contribution is 7.97. The third kappa shape index (κ3) is 5.75. The molecular formula is C31H36FN5O3S2. The van der Waals surface area contributed by atoms with Crippen LogP contribution in [0.25, 0.3) is 22.3 Å². The summed E-state index contributed by atoms with van der Waals surface area (Å²) in [7, 11) is 4.60.